The highest BCUT2D eigenvalue weighted by atomic mass is 32.2. The maximum absolute atomic E-state index is 12.2. The molecule has 0 bridgehead atoms. The fourth-order valence-corrected chi connectivity index (χ4v) is 3.40. The summed E-state index contributed by atoms with van der Waals surface area (Å²) in [6.07, 6.45) is 0.824. The first kappa shape index (κ1) is 19.4. The Balaban J connectivity index is 1.87. The van der Waals surface area contributed by atoms with Gasteiger partial charge in [0.2, 0.25) is 11.1 Å². The number of amides is 3. The van der Waals surface area contributed by atoms with Crippen molar-refractivity contribution in [2.45, 2.75) is 56.6 Å². The zero-order valence-corrected chi connectivity index (χ0v) is 16.3. The van der Waals surface area contributed by atoms with Gasteiger partial charge >= 0.3 is 6.03 Å². The fraction of sp³-hybridized carbons (Fsp3) is 0.533. The summed E-state index contributed by atoms with van der Waals surface area (Å²) in [4.78, 5) is 25.2. The fourth-order valence-electron chi connectivity index (χ4n) is 1.89. The summed E-state index contributed by atoms with van der Waals surface area (Å²) in [6, 6.07) is 3.55. The zero-order chi connectivity index (χ0) is 18.4. The van der Waals surface area contributed by atoms with Gasteiger partial charge in [0.1, 0.15) is 0 Å². The molecule has 0 aromatic carbocycles. The Morgan fingerprint density at radius 2 is 2.16 bits per heavy atom. The van der Waals surface area contributed by atoms with E-state index in [2.05, 4.69) is 32.2 Å². The number of aryl methyl sites for hydroxylation is 2. The normalized spacial score (nSPS) is 12.6. The number of nitrogens with zero attached hydrogens (tertiary/aromatic N) is 4. The lowest BCUT2D eigenvalue weighted by atomic mass is 10.1. The number of urea groups is 1. The SMILES string of the molecule is C[C@H](Sc1nnnn1CCc1cccs1)C(=O)NC(=O)NC(C)(C)C. The number of hydrogen-bond acceptors (Lipinski definition) is 7. The highest BCUT2D eigenvalue weighted by Crippen LogP contribution is 2.21. The standard InChI is InChI=1S/C15H22N6O2S2/c1-10(12(22)16-13(23)17-15(2,3)4)25-14-18-19-20-21(14)8-7-11-6-5-9-24-11/h5-6,9-10H,7-8H2,1-4H3,(H2,16,17,22,23)/t10-/m0/s1. The molecule has 2 N–H and O–H groups in total. The molecule has 0 spiro atoms. The monoisotopic (exact) mass is 382 g/mol. The Labute approximate surface area is 154 Å². The third kappa shape index (κ3) is 6.46. The number of tetrazole rings is 1. The van der Waals surface area contributed by atoms with Gasteiger partial charge in [-0.15, -0.1) is 16.4 Å². The van der Waals surface area contributed by atoms with E-state index in [-0.39, 0.29) is 5.91 Å². The van der Waals surface area contributed by atoms with Crippen molar-refractivity contribution in [3.8, 4) is 0 Å². The van der Waals surface area contributed by atoms with Gasteiger partial charge in [-0.05, 0) is 49.6 Å². The maximum Gasteiger partial charge on any atom is 0.321 e. The van der Waals surface area contributed by atoms with Crippen LogP contribution in [0.15, 0.2) is 22.7 Å². The van der Waals surface area contributed by atoms with Crippen molar-refractivity contribution in [3.05, 3.63) is 22.4 Å². The number of carbonyl (C=O) groups excluding carboxylic acids is 2. The van der Waals surface area contributed by atoms with E-state index < -0.39 is 16.8 Å². The van der Waals surface area contributed by atoms with Gasteiger partial charge in [0.25, 0.3) is 0 Å². The van der Waals surface area contributed by atoms with Crippen LogP contribution in [0.25, 0.3) is 0 Å². The van der Waals surface area contributed by atoms with Crippen LogP contribution in [-0.4, -0.2) is 42.9 Å². The van der Waals surface area contributed by atoms with Crippen LogP contribution < -0.4 is 10.6 Å². The van der Waals surface area contributed by atoms with Crippen LogP contribution >= 0.6 is 23.1 Å². The van der Waals surface area contributed by atoms with Crippen LogP contribution in [0.5, 0.6) is 0 Å². The summed E-state index contributed by atoms with van der Waals surface area (Å²) in [5.41, 5.74) is -0.410. The first-order valence-corrected chi connectivity index (χ1v) is 9.59. The molecule has 2 aromatic rings. The van der Waals surface area contributed by atoms with Gasteiger partial charge in [0.05, 0.1) is 11.8 Å². The quantitative estimate of drug-likeness (QED) is 0.742. The lowest BCUT2D eigenvalue weighted by molar-refractivity contribution is -0.119. The summed E-state index contributed by atoms with van der Waals surface area (Å²) in [6.45, 7) is 7.88. The van der Waals surface area contributed by atoms with Gasteiger partial charge < -0.3 is 5.32 Å². The van der Waals surface area contributed by atoms with Gasteiger partial charge in [-0.2, -0.15) is 0 Å². The van der Waals surface area contributed by atoms with Crippen molar-refractivity contribution in [1.82, 2.24) is 30.8 Å². The van der Waals surface area contributed by atoms with Crippen LogP contribution in [0.2, 0.25) is 0 Å². The Hall–Kier alpha value is -1.94. The molecule has 2 heterocycles. The molecule has 0 saturated heterocycles. The molecular weight excluding hydrogens is 360 g/mol. The molecule has 10 heteroatoms. The maximum atomic E-state index is 12.2. The number of thiophene rings is 1. The number of aromatic nitrogens is 4. The average molecular weight is 383 g/mol. The van der Waals surface area contributed by atoms with Crippen molar-refractivity contribution in [1.29, 1.82) is 0 Å². The predicted molar refractivity (Wildman–Crippen MR) is 97.6 cm³/mol. The van der Waals surface area contributed by atoms with Crippen molar-refractivity contribution in [2.24, 2.45) is 0 Å². The van der Waals surface area contributed by atoms with Gasteiger partial charge in [0.15, 0.2) is 0 Å². The van der Waals surface area contributed by atoms with Gasteiger partial charge in [-0.25, -0.2) is 9.48 Å². The Morgan fingerprint density at radius 1 is 1.40 bits per heavy atom. The Morgan fingerprint density at radius 3 is 2.80 bits per heavy atom. The average Bonchev–Trinajstić information content (AvgIpc) is 3.14. The van der Waals surface area contributed by atoms with E-state index in [1.807, 2.05) is 32.2 Å². The lowest BCUT2D eigenvalue weighted by Gasteiger charge is -2.21. The van der Waals surface area contributed by atoms with Crippen molar-refractivity contribution >= 4 is 35.0 Å². The van der Waals surface area contributed by atoms with E-state index in [1.54, 1.807) is 22.9 Å². The van der Waals surface area contributed by atoms with Crippen LogP contribution in [-0.2, 0) is 17.8 Å². The molecule has 8 nitrogen and oxygen atoms in total. The number of imide groups is 1. The number of thioether (sulfide) groups is 1. The lowest BCUT2D eigenvalue weighted by Crippen LogP contribution is -2.49. The van der Waals surface area contributed by atoms with Gasteiger partial charge in [0, 0.05) is 16.8 Å². The van der Waals surface area contributed by atoms with Crippen LogP contribution in [0.4, 0.5) is 4.79 Å². The highest BCUT2D eigenvalue weighted by molar-refractivity contribution is 8.00. The molecular formula is C15H22N6O2S2. The molecule has 1 atom stereocenters. The number of rotatable bonds is 6. The summed E-state index contributed by atoms with van der Waals surface area (Å²) >= 11 is 2.90. The molecule has 0 unspecified atom stereocenters. The predicted octanol–water partition coefficient (Wildman–Crippen LogP) is 2.08. The summed E-state index contributed by atoms with van der Waals surface area (Å²) in [5.74, 6) is -0.389. The summed E-state index contributed by atoms with van der Waals surface area (Å²) < 4.78 is 1.67. The summed E-state index contributed by atoms with van der Waals surface area (Å²) in [7, 11) is 0. The van der Waals surface area contributed by atoms with E-state index in [9.17, 15) is 9.59 Å². The molecule has 2 aromatic heterocycles. The topological polar surface area (TPSA) is 102 Å². The Bertz CT molecular complexity index is 708. The molecule has 2 rings (SSSR count). The van der Waals surface area contributed by atoms with Crippen LogP contribution in [0.3, 0.4) is 0 Å². The largest absolute Gasteiger partial charge is 0.333 e. The highest BCUT2D eigenvalue weighted by Gasteiger charge is 2.22. The minimum Gasteiger partial charge on any atom is -0.333 e. The van der Waals surface area contributed by atoms with Crippen molar-refractivity contribution in [3.63, 3.8) is 0 Å². The van der Waals surface area contributed by atoms with Crippen molar-refractivity contribution in [2.75, 3.05) is 0 Å². The molecule has 0 saturated carbocycles. The second-order valence-corrected chi connectivity index (χ2v) is 8.81. The van der Waals surface area contributed by atoms with Gasteiger partial charge in [-0.3, -0.25) is 10.1 Å². The van der Waals surface area contributed by atoms with Gasteiger partial charge in [-0.1, -0.05) is 17.8 Å². The Kier molecular flexibility index (Phi) is 6.54. The second kappa shape index (κ2) is 8.43. The smallest absolute Gasteiger partial charge is 0.321 e. The minimum absolute atomic E-state index is 0.389. The van der Waals surface area contributed by atoms with E-state index in [4.69, 9.17) is 0 Å². The second-order valence-electron chi connectivity index (χ2n) is 6.47. The zero-order valence-electron chi connectivity index (χ0n) is 14.6. The number of carbonyl (C=O) groups is 2. The van der Waals surface area contributed by atoms with E-state index in [1.165, 1.54) is 16.6 Å². The summed E-state index contributed by atoms with van der Waals surface area (Å²) in [5, 5.41) is 18.7. The van der Waals surface area contributed by atoms with E-state index in [0.29, 0.717) is 11.7 Å². The molecule has 0 aliphatic rings. The molecule has 136 valence electrons. The molecule has 25 heavy (non-hydrogen) atoms. The third-order valence-corrected chi connectivity index (χ3v) is 5.03. The van der Waals surface area contributed by atoms with Crippen LogP contribution in [0.1, 0.15) is 32.6 Å². The van der Waals surface area contributed by atoms with E-state index in [0.717, 1.165) is 6.42 Å². The first-order chi connectivity index (χ1) is 11.7. The molecule has 3 amide bonds. The minimum atomic E-state index is -0.512. The first-order valence-electron chi connectivity index (χ1n) is 7.83. The third-order valence-electron chi connectivity index (χ3n) is 3.03. The number of hydrogen-bond donors (Lipinski definition) is 2. The molecule has 0 aliphatic carbocycles. The van der Waals surface area contributed by atoms with Crippen LogP contribution in [0, 0.1) is 0 Å². The molecule has 0 aliphatic heterocycles. The molecule has 0 radical (unpaired) electrons. The van der Waals surface area contributed by atoms with E-state index >= 15 is 0 Å². The van der Waals surface area contributed by atoms with Crippen molar-refractivity contribution < 1.29 is 9.59 Å². The number of nitrogens with one attached hydrogen (secondary N) is 2. The molecule has 0 fully saturated rings.